The van der Waals surface area contributed by atoms with E-state index in [0.717, 1.165) is 32.4 Å². The monoisotopic (exact) mass is 292 g/mol. The van der Waals surface area contributed by atoms with Crippen molar-refractivity contribution in [1.82, 2.24) is 9.62 Å². The van der Waals surface area contributed by atoms with Gasteiger partial charge in [-0.1, -0.05) is 0 Å². The molecule has 1 aliphatic heterocycles. The highest BCUT2D eigenvalue weighted by Crippen LogP contribution is 2.17. The molecule has 0 unspecified atom stereocenters. The van der Waals surface area contributed by atoms with Gasteiger partial charge in [0.25, 0.3) is 0 Å². The van der Waals surface area contributed by atoms with E-state index in [9.17, 15) is 8.42 Å². The Labute approximate surface area is 117 Å². The van der Waals surface area contributed by atoms with Gasteiger partial charge in [0, 0.05) is 13.6 Å². The topological polar surface area (TPSA) is 58.6 Å². The summed E-state index contributed by atoms with van der Waals surface area (Å²) in [4.78, 5) is 0. The van der Waals surface area contributed by atoms with Crippen LogP contribution in [-0.2, 0) is 14.8 Å². The van der Waals surface area contributed by atoms with E-state index in [0.29, 0.717) is 19.1 Å². The molecule has 0 aromatic rings. The molecule has 1 saturated heterocycles. The maximum Gasteiger partial charge on any atom is 0.213 e. The molecule has 1 N–H and O–H groups in total. The summed E-state index contributed by atoms with van der Waals surface area (Å²) in [5, 5.41) is 3.30. The number of piperidine rings is 1. The van der Waals surface area contributed by atoms with E-state index in [-0.39, 0.29) is 11.9 Å². The van der Waals surface area contributed by atoms with Crippen LogP contribution in [0.2, 0.25) is 0 Å². The van der Waals surface area contributed by atoms with Gasteiger partial charge >= 0.3 is 0 Å². The summed E-state index contributed by atoms with van der Waals surface area (Å²) in [6.45, 7) is 6.83. The second-order valence-electron chi connectivity index (χ2n) is 5.54. The Kier molecular flexibility index (Phi) is 7.28. The fourth-order valence-electron chi connectivity index (χ4n) is 2.20. The van der Waals surface area contributed by atoms with Gasteiger partial charge in [-0.05, 0) is 52.1 Å². The van der Waals surface area contributed by atoms with Gasteiger partial charge in [0.1, 0.15) is 0 Å². The number of hydrogen-bond acceptors (Lipinski definition) is 4. The predicted octanol–water partition coefficient (Wildman–Crippen LogP) is 1.06. The Balaban J connectivity index is 2.28. The van der Waals surface area contributed by atoms with Crippen molar-refractivity contribution in [2.24, 2.45) is 5.92 Å². The molecule has 1 aliphatic rings. The van der Waals surface area contributed by atoms with Gasteiger partial charge in [-0.25, -0.2) is 12.7 Å². The first-order valence-electron chi connectivity index (χ1n) is 7.18. The predicted molar refractivity (Wildman–Crippen MR) is 77.7 cm³/mol. The smallest absolute Gasteiger partial charge is 0.213 e. The summed E-state index contributed by atoms with van der Waals surface area (Å²) in [5.41, 5.74) is 0. The van der Waals surface area contributed by atoms with Gasteiger partial charge in [0.15, 0.2) is 0 Å². The Hall–Kier alpha value is -0.170. The lowest BCUT2D eigenvalue weighted by Crippen LogP contribution is -2.34. The molecule has 19 heavy (non-hydrogen) atoms. The largest absolute Gasteiger partial charge is 0.377 e. The average Bonchev–Trinajstić information content (AvgIpc) is 2.37. The third-order valence-corrected chi connectivity index (χ3v) is 5.46. The van der Waals surface area contributed by atoms with Crippen molar-refractivity contribution in [1.29, 1.82) is 0 Å². The molecule has 0 aromatic heterocycles. The molecule has 0 spiro atoms. The van der Waals surface area contributed by atoms with Crippen LogP contribution in [0.15, 0.2) is 0 Å². The van der Waals surface area contributed by atoms with Crippen molar-refractivity contribution in [3.8, 4) is 0 Å². The van der Waals surface area contributed by atoms with Crippen LogP contribution in [0.3, 0.4) is 0 Å². The third kappa shape index (κ3) is 6.70. The second kappa shape index (κ2) is 8.19. The summed E-state index contributed by atoms with van der Waals surface area (Å²) in [7, 11) is -1.48. The summed E-state index contributed by atoms with van der Waals surface area (Å²) in [6, 6.07) is 0. The SMILES string of the molecule is CC(C)OCCN(C)S(=O)(=O)CCC1CCNCC1. The molecule has 0 amide bonds. The molecule has 0 aromatic carbocycles. The fourth-order valence-corrected chi connectivity index (χ4v) is 3.49. The molecule has 0 atom stereocenters. The molecular weight excluding hydrogens is 264 g/mol. The number of nitrogens with zero attached hydrogens (tertiary/aromatic N) is 1. The first kappa shape index (κ1) is 16.9. The second-order valence-corrected chi connectivity index (χ2v) is 7.73. The highest BCUT2D eigenvalue weighted by atomic mass is 32.2. The molecule has 1 fully saturated rings. The zero-order valence-electron chi connectivity index (χ0n) is 12.4. The lowest BCUT2D eigenvalue weighted by Gasteiger charge is -2.24. The van der Waals surface area contributed by atoms with E-state index in [1.54, 1.807) is 7.05 Å². The van der Waals surface area contributed by atoms with Crippen molar-refractivity contribution in [3.63, 3.8) is 0 Å². The van der Waals surface area contributed by atoms with Crippen molar-refractivity contribution in [3.05, 3.63) is 0 Å². The first-order chi connectivity index (χ1) is 8.92. The summed E-state index contributed by atoms with van der Waals surface area (Å²) < 4.78 is 31.0. The minimum absolute atomic E-state index is 0.144. The minimum atomic E-state index is -3.12. The van der Waals surface area contributed by atoms with Crippen LogP contribution >= 0.6 is 0 Å². The molecule has 0 saturated carbocycles. The number of hydrogen-bond donors (Lipinski definition) is 1. The standard InChI is InChI=1S/C13H28N2O3S/c1-12(2)18-10-9-15(3)19(16,17)11-6-13-4-7-14-8-5-13/h12-14H,4-11H2,1-3H3. The number of ether oxygens (including phenoxy) is 1. The number of likely N-dealkylation sites (N-methyl/N-ethyl adjacent to an activating group) is 1. The molecule has 0 radical (unpaired) electrons. The first-order valence-corrected chi connectivity index (χ1v) is 8.79. The van der Waals surface area contributed by atoms with Crippen molar-refractivity contribution in [2.45, 2.75) is 39.2 Å². The van der Waals surface area contributed by atoms with Crippen LogP contribution in [0.1, 0.15) is 33.1 Å². The number of rotatable bonds is 8. The van der Waals surface area contributed by atoms with Crippen molar-refractivity contribution >= 4 is 10.0 Å². The van der Waals surface area contributed by atoms with Gasteiger partial charge in [-0.3, -0.25) is 0 Å². The molecule has 114 valence electrons. The van der Waals surface area contributed by atoms with Gasteiger partial charge in [0.05, 0.1) is 18.5 Å². The molecule has 6 heteroatoms. The van der Waals surface area contributed by atoms with Crippen LogP contribution in [0.4, 0.5) is 0 Å². The third-order valence-electron chi connectivity index (χ3n) is 3.58. The normalized spacial score (nSPS) is 18.4. The highest BCUT2D eigenvalue weighted by molar-refractivity contribution is 7.89. The Bertz CT molecular complexity index is 338. The number of nitrogens with one attached hydrogen (secondary N) is 1. The fraction of sp³-hybridized carbons (Fsp3) is 1.00. The van der Waals surface area contributed by atoms with Crippen molar-refractivity contribution in [2.75, 3.05) is 39.0 Å². The number of sulfonamides is 1. The quantitative estimate of drug-likeness (QED) is 0.727. The lowest BCUT2D eigenvalue weighted by atomic mass is 9.96. The van der Waals surface area contributed by atoms with E-state index in [1.165, 1.54) is 4.31 Å². The molecule has 0 bridgehead atoms. The maximum absolute atomic E-state index is 12.1. The van der Waals surface area contributed by atoms with E-state index in [1.807, 2.05) is 13.8 Å². The van der Waals surface area contributed by atoms with Gasteiger partial charge in [0.2, 0.25) is 10.0 Å². The highest BCUT2D eigenvalue weighted by Gasteiger charge is 2.21. The van der Waals surface area contributed by atoms with E-state index >= 15 is 0 Å². The van der Waals surface area contributed by atoms with E-state index in [2.05, 4.69) is 5.32 Å². The van der Waals surface area contributed by atoms with Crippen LogP contribution in [-0.4, -0.2) is 57.9 Å². The summed E-state index contributed by atoms with van der Waals surface area (Å²) >= 11 is 0. The zero-order chi connectivity index (χ0) is 14.3. The van der Waals surface area contributed by atoms with Crippen LogP contribution in [0.5, 0.6) is 0 Å². The van der Waals surface area contributed by atoms with Gasteiger partial charge < -0.3 is 10.1 Å². The van der Waals surface area contributed by atoms with Crippen molar-refractivity contribution < 1.29 is 13.2 Å². The lowest BCUT2D eigenvalue weighted by molar-refractivity contribution is 0.0737. The Morgan fingerprint density at radius 1 is 1.32 bits per heavy atom. The maximum atomic E-state index is 12.1. The Morgan fingerprint density at radius 2 is 1.95 bits per heavy atom. The molecule has 5 nitrogen and oxygen atoms in total. The van der Waals surface area contributed by atoms with Crippen LogP contribution < -0.4 is 5.32 Å². The summed E-state index contributed by atoms with van der Waals surface area (Å²) in [5.74, 6) is 0.812. The van der Waals surface area contributed by atoms with Crippen LogP contribution in [0, 0.1) is 5.92 Å². The molecular formula is C13H28N2O3S. The zero-order valence-corrected chi connectivity index (χ0v) is 13.2. The Morgan fingerprint density at radius 3 is 2.53 bits per heavy atom. The summed E-state index contributed by atoms with van der Waals surface area (Å²) in [6.07, 6.45) is 3.11. The van der Waals surface area contributed by atoms with E-state index < -0.39 is 10.0 Å². The van der Waals surface area contributed by atoms with Gasteiger partial charge in [-0.2, -0.15) is 0 Å². The minimum Gasteiger partial charge on any atom is -0.377 e. The molecule has 1 rings (SSSR count). The van der Waals surface area contributed by atoms with Crippen LogP contribution in [0.25, 0.3) is 0 Å². The molecule has 1 heterocycles. The van der Waals surface area contributed by atoms with Gasteiger partial charge in [-0.15, -0.1) is 0 Å². The average molecular weight is 292 g/mol. The molecule has 0 aliphatic carbocycles. The van der Waals surface area contributed by atoms with E-state index in [4.69, 9.17) is 4.74 Å².